The molecule has 0 heterocycles. The van der Waals surface area contributed by atoms with E-state index >= 15 is 0 Å². The van der Waals surface area contributed by atoms with E-state index in [9.17, 15) is 4.79 Å². The number of carbonyl (C=O) groups is 1. The Morgan fingerprint density at radius 1 is 1.89 bits per heavy atom. The van der Waals surface area contributed by atoms with Gasteiger partial charge in [0.15, 0.2) is 0 Å². The molecular formula is C6H11NO2. The predicted molar refractivity (Wildman–Crippen MR) is 34.6 cm³/mol. The number of amides is 1. The summed E-state index contributed by atoms with van der Waals surface area (Å²) in [7, 11) is 0. The molecule has 2 atom stereocenters. The second kappa shape index (κ2) is 3.25. The van der Waals surface area contributed by atoms with Crippen molar-refractivity contribution in [2.75, 3.05) is 0 Å². The third-order valence-corrected chi connectivity index (χ3v) is 1.20. The van der Waals surface area contributed by atoms with Crippen molar-refractivity contribution < 1.29 is 9.90 Å². The molecule has 52 valence electrons. The molecule has 0 aromatic carbocycles. The van der Waals surface area contributed by atoms with Gasteiger partial charge in [0.25, 0.3) is 0 Å². The van der Waals surface area contributed by atoms with Crippen LogP contribution in [0.25, 0.3) is 0 Å². The maximum atomic E-state index is 10.3. The monoisotopic (exact) mass is 129 g/mol. The van der Waals surface area contributed by atoms with Crippen molar-refractivity contribution in [1.82, 2.24) is 0 Å². The number of rotatable bonds is 3. The van der Waals surface area contributed by atoms with E-state index in [1.54, 1.807) is 6.92 Å². The molecule has 0 rings (SSSR count). The highest BCUT2D eigenvalue weighted by Crippen LogP contribution is 2.01. The van der Waals surface area contributed by atoms with Gasteiger partial charge in [-0.1, -0.05) is 13.0 Å². The lowest BCUT2D eigenvalue weighted by Gasteiger charge is -2.09. The molecule has 2 unspecified atom stereocenters. The second-order valence-electron chi connectivity index (χ2n) is 1.92. The van der Waals surface area contributed by atoms with Crippen molar-refractivity contribution in [3.63, 3.8) is 0 Å². The van der Waals surface area contributed by atoms with Crippen LogP contribution in [0.4, 0.5) is 0 Å². The number of aliphatic hydroxyl groups is 1. The molecule has 0 aromatic rings. The Bertz CT molecular complexity index is 122. The standard InChI is InChI=1S/C6H11NO2/c1-3-5(8)4(2)6(7)9/h3-5,8H,1H2,2H3,(H2,7,9). The molecule has 1 amide bonds. The molecule has 0 saturated carbocycles. The summed E-state index contributed by atoms with van der Waals surface area (Å²) in [4.78, 5) is 10.3. The molecule has 9 heavy (non-hydrogen) atoms. The molecule has 0 aliphatic rings. The minimum Gasteiger partial charge on any atom is -0.388 e. The number of hydrogen-bond acceptors (Lipinski definition) is 2. The van der Waals surface area contributed by atoms with Crippen LogP contribution in [0.15, 0.2) is 12.7 Å². The Hall–Kier alpha value is -0.830. The van der Waals surface area contributed by atoms with Crippen molar-refractivity contribution in [2.45, 2.75) is 13.0 Å². The van der Waals surface area contributed by atoms with Gasteiger partial charge in [-0.2, -0.15) is 0 Å². The minimum atomic E-state index is -0.817. The zero-order chi connectivity index (χ0) is 7.44. The Labute approximate surface area is 54.2 Å². The zero-order valence-corrected chi connectivity index (χ0v) is 5.37. The lowest BCUT2D eigenvalue weighted by Crippen LogP contribution is -2.29. The topological polar surface area (TPSA) is 63.3 Å². The molecule has 0 bridgehead atoms. The van der Waals surface area contributed by atoms with Gasteiger partial charge in [0, 0.05) is 0 Å². The number of nitrogens with two attached hydrogens (primary N) is 1. The van der Waals surface area contributed by atoms with E-state index in [0.29, 0.717) is 0 Å². The van der Waals surface area contributed by atoms with Gasteiger partial charge in [-0.25, -0.2) is 0 Å². The van der Waals surface area contributed by atoms with Crippen molar-refractivity contribution >= 4 is 5.91 Å². The quantitative estimate of drug-likeness (QED) is 0.512. The van der Waals surface area contributed by atoms with Crippen LogP contribution in [0.2, 0.25) is 0 Å². The normalized spacial score (nSPS) is 16.2. The van der Waals surface area contributed by atoms with E-state index in [4.69, 9.17) is 10.8 Å². The van der Waals surface area contributed by atoms with Crippen LogP contribution < -0.4 is 5.73 Å². The molecule has 0 aromatic heterocycles. The first-order chi connectivity index (χ1) is 4.09. The fraction of sp³-hybridized carbons (Fsp3) is 0.500. The van der Waals surface area contributed by atoms with Crippen LogP contribution in [-0.4, -0.2) is 17.1 Å². The highest BCUT2D eigenvalue weighted by atomic mass is 16.3. The molecule has 3 nitrogen and oxygen atoms in total. The lowest BCUT2D eigenvalue weighted by atomic mass is 10.1. The van der Waals surface area contributed by atoms with Gasteiger partial charge >= 0.3 is 0 Å². The molecule has 0 saturated heterocycles. The first kappa shape index (κ1) is 8.17. The number of aliphatic hydroxyl groups excluding tert-OH is 1. The smallest absolute Gasteiger partial charge is 0.223 e. The van der Waals surface area contributed by atoms with Crippen molar-refractivity contribution in [3.8, 4) is 0 Å². The summed E-state index contributed by atoms with van der Waals surface area (Å²) in [5.74, 6) is -1.05. The summed E-state index contributed by atoms with van der Waals surface area (Å²) in [6.45, 7) is 4.86. The first-order valence-corrected chi connectivity index (χ1v) is 2.69. The van der Waals surface area contributed by atoms with Gasteiger partial charge in [-0.3, -0.25) is 4.79 Å². The Kier molecular flexibility index (Phi) is 2.95. The van der Waals surface area contributed by atoms with Gasteiger partial charge in [-0.05, 0) is 0 Å². The van der Waals surface area contributed by atoms with Gasteiger partial charge in [0.1, 0.15) is 0 Å². The number of carbonyl (C=O) groups excluding carboxylic acids is 1. The van der Waals surface area contributed by atoms with Crippen molar-refractivity contribution in [3.05, 3.63) is 12.7 Å². The Morgan fingerprint density at radius 2 is 2.33 bits per heavy atom. The van der Waals surface area contributed by atoms with Gasteiger partial charge in [0.2, 0.25) is 5.91 Å². The van der Waals surface area contributed by atoms with Crippen LogP contribution in [0.5, 0.6) is 0 Å². The van der Waals surface area contributed by atoms with Gasteiger partial charge in [-0.15, -0.1) is 6.58 Å². The zero-order valence-electron chi connectivity index (χ0n) is 5.37. The van der Waals surface area contributed by atoms with Crippen molar-refractivity contribution in [2.24, 2.45) is 11.7 Å². The van der Waals surface area contributed by atoms with Crippen LogP contribution in [0.3, 0.4) is 0 Å². The number of primary amides is 1. The number of hydrogen-bond donors (Lipinski definition) is 2. The molecule has 0 fully saturated rings. The average molecular weight is 129 g/mol. The highest BCUT2D eigenvalue weighted by Gasteiger charge is 2.15. The third-order valence-electron chi connectivity index (χ3n) is 1.20. The average Bonchev–Trinajstić information content (AvgIpc) is 1.84. The van der Waals surface area contributed by atoms with E-state index < -0.39 is 17.9 Å². The summed E-state index contributed by atoms with van der Waals surface area (Å²) in [5.41, 5.74) is 4.87. The third kappa shape index (κ3) is 2.28. The van der Waals surface area contributed by atoms with Crippen LogP contribution in [0, 0.1) is 5.92 Å². The Balaban J connectivity index is 3.86. The molecule has 0 radical (unpaired) electrons. The second-order valence-corrected chi connectivity index (χ2v) is 1.92. The molecule has 0 spiro atoms. The highest BCUT2D eigenvalue weighted by molar-refractivity contribution is 5.77. The molecule has 3 N–H and O–H groups in total. The molecule has 0 aliphatic heterocycles. The summed E-state index contributed by atoms with van der Waals surface area (Å²) in [6, 6.07) is 0. The summed E-state index contributed by atoms with van der Waals surface area (Å²) >= 11 is 0. The van der Waals surface area contributed by atoms with Crippen LogP contribution >= 0.6 is 0 Å². The van der Waals surface area contributed by atoms with Gasteiger partial charge in [0.05, 0.1) is 12.0 Å². The van der Waals surface area contributed by atoms with E-state index in [-0.39, 0.29) is 0 Å². The largest absolute Gasteiger partial charge is 0.388 e. The summed E-state index contributed by atoms with van der Waals surface area (Å²) in [6.07, 6.45) is 0.470. The van der Waals surface area contributed by atoms with Crippen LogP contribution in [0.1, 0.15) is 6.92 Å². The van der Waals surface area contributed by atoms with Gasteiger partial charge < -0.3 is 10.8 Å². The summed E-state index contributed by atoms with van der Waals surface area (Å²) < 4.78 is 0. The maximum Gasteiger partial charge on any atom is 0.223 e. The fourth-order valence-corrected chi connectivity index (χ4v) is 0.372. The fourth-order valence-electron chi connectivity index (χ4n) is 0.372. The molecular weight excluding hydrogens is 118 g/mol. The van der Waals surface area contributed by atoms with E-state index in [0.717, 1.165) is 0 Å². The first-order valence-electron chi connectivity index (χ1n) is 2.69. The predicted octanol–water partition coefficient (Wildman–Crippen LogP) is -0.345. The molecule has 3 heteroatoms. The Morgan fingerprint density at radius 3 is 2.44 bits per heavy atom. The van der Waals surface area contributed by atoms with E-state index in [2.05, 4.69) is 6.58 Å². The molecule has 0 aliphatic carbocycles. The van der Waals surface area contributed by atoms with Crippen LogP contribution in [-0.2, 0) is 4.79 Å². The maximum absolute atomic E-state index is 10.3. The van der Waals surface area contributed by atoms with Crippen molar-refractivity contribution in [1.29, 1.82) is 0 Å². The SMILES string of the molecule is C=CC(O)C(C)C(N)=O. The minimum absolute atomic E-state index is 0.512. The van der Waals surface area contributed by atoms with E-state index in [1.807, 2.05) is 0 Å². The lowest BCUT2D eigenvalue weighted by molar-refractivity contribution is -0.123. The summed E-state index contributed by atoms with van der Waals surface area (Å²) in [5, 5.41) is 8.88. The van der Waals surface area contributed by atoms with E-state index in [1.165, 1.54) is 6.08 Å².